The molecule has 0 spiro atoms. The fraction of sp³-hybridized carbons (Fsp3) is 0.278. The Balaban J connectivity index is 1.82. The lowest BCUT2D eigenvalue weighted by molar-refractivity contribution is 0.0685. The molecule has 0 saturated heterocycles. The molecule has 1 aromatic heterocycles. The molecule has 7 heteroatoms. The van der Waals surface area contributed by atoms with Crippen molar-refractivity contribution in [1.29, 1.82) is 0 Å². The van der Waals surface area contributed by atoms with Crippen LogP contribution >= 0.6 is 0 Å². The minimum Gasteiger partial charge on any atom is -0.493 e. The van der Waals surface area contributed by atoms with Gasteiger partial charge in [0, 0.05) is 19.3 Å². The summed E-state index contributed by atoms with van der Waals surface area (Å²) in [6.07, 6.45) is 2.01. The molecule has 0 saturated carbocycles. The van der Waals surface area contributed by atoms with Gasteiger partial charge in [0.2, 0.25) is 0 Å². The van der Waals surface area contributed by atoms with Crippen LogP contribution in [0.25, 0.3) is 0 Å². The Morgan fingerprint density at radius 2 is 1.80 bits per heavy atom. The second-order valence-corrected chi connectivity index (χ2v) is 5.69. The highest BCUT2D eigenvalue weighted by atomic mass is 16.5. The first kappa shape index (κ1) is 16.8. The molecule has 0 fully saturated rings. The maximum Gasteiger partial charge on any atom is 0.354 e. The number of fused-ring (bicyclic) bond motifs is 1. The van der Waals surface area contributed by atoms with Gasteiger partial charge in [-0.3, -0.25) is 4.79 Å². The van der Waals surface area contributed by atoms with Gasteiger partial charge in [0.15, 0.2) is 11.5 Å². The minimum atomic E-state index is -1.12. The molecule has 1 aliphatic heterocycles. The highest BCUT2D eigenvalue weighted by Gasteiger charge is 2.24. The van der Waals surface area contributed by atoms with Gasteiger partial charge in [-0.15, -0.1) is 0 Å². The highest BCUT2D eigenvalue weighted by Crippen LogP contribution is 2.33. The number of hydrogen-bond acceptors (Lipinski definition) is 5. The number of ether oxygens (including phenoxy) is 2. The van der Waals surface area contributed by atoms with E-state index in [2.05, 4.69) is 4.98 Å². The zero-order valence-electron chi connectivity index (χ0n) is 14.0. The number of carbonyl (C=O) groups excluding carboxylic acids is 1. The molecule has 7 nitrogen and oxygen atoms in total. The molecule has 130 valence electrons. The SMILES string of the molecule is COc1cc2c(cc1OC)CN(C(=O)c1ccc(C(=O)O)nc1)CC2. The van der Waals surface area contributed by atoms with Crippen molar-refractivity contribution in [3.8, 4) is 11.5 Å². The van der Waals surface area contributed by atoms with Gasteiger partial charge in [-0.05, 0) is 41.8 Å². The Hall–Kier alpha value is -3.09. The number of carboxylic acids is 1. The van der Waals surface area contributed by atoms with E-state index in [0.717, 1.165) is 11.1 Å². The predicted molar refractivity (Wildman–Crippen MR) is 89.2 cm³/mol. The summed E-state index contributed by atoms with van der Waals surface area (Å²) in [7, 11) is 3.17. The summed E-state index contributed by atoms with van der Waals surface area (Å²) in [4.78, 5) is 29.0. The van der Waals surface area contributed by atoms with Gasteiger partial charge in [0.25, 0.3) is 5.91 Å². The summed E-state index contributed by atoms with van der Waals surface area (Å²) in [5.74, 6) is 0.00864. The third-order valence-corrected chi connectivity index (χ3v) is 4.23. The van der Waals surface area contributed by atoms with Gasteiger partial charge in [0.1, 0.15) is 5.69 Å². The third kappa shape index (κ3) is 3.26. The normalized spacial score (nSPS) is 13.1. The monoisotopic (exact) mass is 342 g/mol. The number of methoxy groups -OCH3 is 2. The van der Waals surface area contributed by atoms with E-state index in [9.17, 15) is 9.59 Å². The van der Waals surface area contributed by atoms with Crippen LogP contribution in [-0.2, 0) is 13.0 Å². The van der Waals surface area contributed by atoms with E-state index >= 15 is 0 Å². The van der Waals surface area contributed by atoms with E-state index < -0.39 is 5.97 Å². The van der Waals surface area contributed by atoms with Crippen molar-refractivity contribution >= 4 is 11.9 Å². The van der Waals surface area contributed by atoms with Crippen molar-refractivity contribution in [1.82, 2.24) is 9.88 Å². The van der Waals surface area contributed by atoms with E-state index in [0.29, 0.717) is 36.6 Å². The molecule has 3 rings (SSSR count). The van der Waals surface area contributed by atoms with Crippen LogP contribution in [0.5, 0.6) is 11.5 Å². The van der Waals surface area contributed by atoms with Crippen molar-refractivity contribution in [2.45, 2.75) is 13.0 Å². The fourth-order valence-electron chi connectivity index (χ4n) is 2.89. The highest BCUT2D eigenvalue weighted by molar-refractivity contribution is 5.95. The molecule has 0 unspecified atom stereocenters. The quantitative estimate of drug-likeness (QED) is 0.914. The van der Waals surface area contributed by atoms with Crippen molar-refractivity contribution in [2.24, 2.45) is 0 Å². The zero-order chi connectivity index (χ0) is 18.0. The zero-order valence-corrected chi connectivity index (χ0v) is 14.0. The lowest BCUT2D eigenvalue weighted by Crippen LogP contribution is -2.36. The summed E-state index contributed by atoms with van der Waals surface area (Å²) < 4.78 is 10.6. The molecule has 0 atom stereocenters. The second-order valence-electron chi connectivity index (χ2n) is 5.69. The lowest BCUT2D eigenvalue weighted by Gasteiger charge is -2.29. The van der Waals surface area contributed by atoms with Gasteiger partial charge < -0.3 is 19.5 Å². The summed E-state index contributed by atoms with van der Waals surface area (Å²) in [5.41, 5.74) is 2.42. The van der Waals surface area contributed by atoms with Gasteiger partial charge >= 0.3 is 5.97 Å². The molecule has 0 radical (unpaired) electrons. The largest absolute Gasteiger partial charge is 0.493 e. The summed E-state index contributed by atoms with van der Waals surface area (Å²) in [5, 5.41) is 8.88. The van der Waals surface area contributed by atoms with Crippen LogP contribution in [0.2, 0.25) is 0 Å². The first-order valence-corrected chi connectivity index (χ1v) is 7.76. The van der Waals surface area contributed by atoms with Crippen LogP contribution in [0, 0.1) is 0 Å². The Labute approximate surface area is 144 Å². The van der Waals surface area contributed by atoms with Gasteiger partial charge in [-0.2, -0.15) is 0 Å². The van der Waals surface area contributed by atoms with E-state index in [4.69, 9.17) is 14.6 Å². The Morgan fingerprint density at radius 1 is 1.12 bits per heavy atom. The molecule has 1 N–H and O–H groups in total. The maximum absolute atomic E-state index is 12.7. The van der Waals surface area contributed by atoms with Crippen LogP contribution < -0.4 is 9.47 Å². The smallest absolute Gasteiger partial charge is 0.354 e. The van der Waals surface area contributed by atoms with Crippen LogP contribution in [0.4, 0.5) is 0 Å². The van der Waals surface area contributed by atoms with Crippen molar-refractivity contribution in [2.75, 3.05) is 20.8 Å². The van der Waals surface area contributed by atoms with Crippen LogP contribution in [0.3, 0.4) is 0 Å². The third-order valence-electron chi connectivity index (χ3n) is 4.23. The number of hydrogen-bond donors (Lipinski definition) is 1. The van der Waals surface area contributed by atoms with Gasteiger partial charge in [-0.25, -0.2) is 9.78 Å². The standard InChI is InChI=1S/C18H18N2O5/c1-24-15-7-11-5-6-20(10-13(11)8-16(15)25-2)17(21)12-3-4-14(18(22)23)19-9-12/h3-4,7-9H,5-6,10H2,1-2H3,(H,22,23). The first-order valence-electron chi connectivity index (χ1n) is 7.76. The van der Waals surface area contributed by atoms with E-state index in [-0.39, 0.29) is 11.6 Å². The average Bonchev–Trinajstić information content (AvgIpc) is 2.65. The van der Waals surface area contributed by atoms with Crippen LogP contribution in [-0.4, -0.2) is 47.6 Å². The molecule has 1 aromatic carbocycles. The molecule has 1 aliphatic rings. The number of carbonyl (C=O) groups is 2. The fourth-order valence-corrected chi connectivity index (χ4v) is 2.89. The molecule has 1 amide bonds. The number of rotatable bonds is 4. The van der Waals surface area contributed by atoms with Crippen molar-refractivity contribution < 1.29 is 24.2 Å². The first-order chi connectivity index (χ1) is 12.0. The number of benzene rings is 1. The molecular formula is C18H18N2O5. The van der Waals surface area contributed by atoms with Crippen LogP contribution in [0.15, 0.2) is 30.5 Å². The molecule has 2 heterocycles. The van der Waals surface area contributed by atoms with E-state index in [1.165, 1.54) is 18.3 Å². The average molecular weight is 342 g/mol. The number of carboxylic acid groups (broad SMARTS) is 1. The summed E-state index contributed by atoms with van der Waals surface area (Å²) >= 11 is 0. The number of aromatic nitrogens is 1. The van der Waals surface area contributed by atoms with Gasteiger partial charge in [0.05, 0.1) is 19.8 Å². The summed E-state index contributed by atoms with van der Waals surface area (Å²) in [6.45, 7) is 1.03. The lowest BCUT2D eigenvalue weighted by atomic mass is 9.98. The summed E-state index contributed by atoms with van der Waals surface area (Å²) in [6, 6.07) is 6.66. The Kier molecular flexibility index (Phi) is 4.56. The van der Waals surface area contributed by atoms with Crippen molar-refractivity contribution in [3.63, 3.8) is 0 Å². The molecule has 25 heavy (non-hydrogen) atoms. The number of nitrogens with zero attached hydrogens (tertiary/aromatic N) is 2. The Morgan fingerprint density at radius 3 is 2.36 bits per heavy atom. The predicted octanol–water partition coefficient (Wildman–Crippen LogP) is 2.00. The van der Waals surface area contributed by atoms with Gasteiger partial charge in [-0.1, -0.05) is 0 Å². The molecule has 0 bridgehead atoms. The number of aromatic carboxylic acids is 1. The van der Waals surface area contributed by atoms with Crippen molar-refractivity contribution in [3.05, 3.63) is 52.8 Å². The second kappa shape index (κ2) is 6.80. The Bertz CT molecular complexity index is 817. The number of amides is 1. The van der Waals surface area contributed by atoms with E-state index in [1.54, 1.807) is 19.1 Å². The topological polar surface area (TPSA) is 89.0 Å². The number of pyridine rings is 1. The maximum atomic E-state index is 12.7. The van der Waals surface area contributed by atoms with E-state index in [1.807, 2.05) is 12.1 Å². The molecule has 0 aliphatic carbocycles. The van der Waals surface area contributed by atoms with Crippen LogP contribution in [0.1, 0.15) is 32.0 Å². The molecule has 2 aromatic rings. The molecular weight excluding hydrogens is 324 g/mol. The minimum absolute atomic E-state index is 0.0858.